The standard InChI is InChI=1S/C10H14N4O4/c1-13(2)10-11-4-3-7(12-10)14(5-8(15)16)6-9(17)18/h3-4H,5-6H2,1-2H3,(H,15,16)(H,17,18). The molecule has 1 heterocycles. The summed E-state index contributed by atoms with van der Waals surface area (Å²) >= 11 is 0. The van der Waals surface area contributed by atoms with Gasteiger partial charge in [-0.25, -0.2) is 4.98 Å². The second-order valence-electron chi connectivity index (χ2n) is 3.75. The van der Waals surface area contributed by atoms with E-state index in [-0.39, 0.29) is 5.82 Å². The number of rotatable bonds is 6. The Balaban J connectivity index is 2.99. The highest BCUT2D eigenvalue weighted by Crippen LogP contribution is 2.13. The van der Waals surface area contributed by atoms with Gasteiger partial charge in [0, 0.05) is 20.3 Å². The van der Waals surface area contributed by atoms with E-state index in [1.54, 1.807) is 19.0 Å². The van der Waals surface area contributed by atoms with Gasteiger partial charge in [-0.05, 0) is 6.07 Å². The minimum atomic E-state index is -1.12. The summed E-state index contributed by atoms with van der Waals surface area (Å²) < 4.78 is 0. The van der Waals surface area contributed by atoms with Gasteiger partial charge in [0.15, 0.2) is 0 Å². The van der Waals surface area contributed by atoms with Crippen molar-refractivity contribution in [1.82, 2.24) is 9.97 Å². The van der Waals surface area contributed by atoms with Crippen molar-refractivity contribution < 1.29 is 19.8 Å². The first kappa shape index (κ1) is 13.7. The van der Waals surface area contributed by atoms with Gasteiger partial charge in [0.25, 0.3) is 0 Å². The molecule has 0 aliphatic carbocycles. The predicted octanol–water partition coefficient (Wildman–Crippen LogP) is -0.482. The fourth-order valence-corrected chi connectivity index (χ4v) is 1.28. The molecular weight excluding hydrogens is 240 g/mol. The first-order valence-electron chi connectivity index (χ1n) is 5.09. The molecule has 1 aromatic heterocycles. The lowest BCUT2D eigenvalue weighted by Gasteiger charge is -2.20. The highest BCUT2D eigenvalue weighted by atomic mass is 16.4. The monoisotopic (exact) mass is 254 g/mol. The fraction of sp³-hybridized carbons (Fsp3) is 0.400. The Morgan fingerprint density at radius 1 is 1.22 bits per heavy atom. The average molecular weight is 254 g/mol. The van der Waals surface area contributed by atoms with Crippen LogP contribution in [0, 0.1) is 0 Å². The number of hydrogen-bond acceptors (Lipinski definition) is 6. The van der Waals surface area contributed by atoms with Gasteiger partial charge < -0.3 is 20.0 Å². The number of hydrogen-bond donors (Lipinski definition) is 2. The van der Waals surface area contributed by atoms with Crippen LogP contribution in [0.1, 0.15) is 0 Å². The van der Waals surface area contributed by atoms with Crippen molar-refractivity contribution in [3.05, 3.63) is 12.3 Å². The zero-order valence-corrected chi connectivity index (χ0v) is 10.1. The number of nitrogens with zero attached hydrogens (tertiary/aromatic N) is 4. The van der Waals surface area contributed by atoms with Crippen LogP contribution in [0.5, 0.6) is 0 Å². The zero-order valence-electron chi connectivity index (χ0n) is 10.1. The van der Waals surface area contributed by atoms with Gasteiger partial charge in [-0.2, -0.15) is 4.98 Å². The highest BCUT2D eigenvalue weighted by Gasteiger charge is 2.16. The van der Waals surface area contributed by atoms with Gasteiger partial charge in [0.05, 0.1) is 0 Å². The summed E-state index contributed by atoms with van der Waals surface area (Å²) in [5.41, 5.74) is 0. The Kier molecular flexibility index (Phi) is 4.41. The maximum absolute atomic E-state index is 10.7. The zero-order chi connectivity index (χ0) is 13.7. The number of aromatic nitrogens is 2. The number of carboxylic acid groups (broad SMARTS) is 2. The minimum Gasteiger partial charge on any atom is -0.480 e. The van der Waals surface area contributed by atoms with E-state index in [0.29, 0.717) is 5.95 Å². The third kappa shape index (κ3) is 3.89. The number of anilines is 2. The summed E-state index contributed by atoms with van der Waals surface area (Å²) in [6, 6.07) is 1.47. The van der Waals surface area contributed by atoms with Crippen LogP contribution < -0.4 is 9.80 Å². The fourth-order valence-electron chi connectivity index (χ4n) is 1.28. The van der Waals surface area contributed by atoms with Crippen LogP contribution in [-0.4, -0.2) is 59.3 Å². The third-order valence-electron chi connectivity index (χ3n) is 2.00. The first-order chi connectivity index (χ1) is 8.40. The van der Waals surface area contributed by atoms with E-state index in [1.807, 2.05) is 0 Å². The molecule has 1 rings (SSSR count). The Bertz CT molecular complexity index is 433. The van der Waals surface area contributed by atoms with Crippen molar-refractivity contribution in [1.29, 1.82) is 0 Å². The molecule has 0 fully saturated rings. The molecule has 2 N–H and O–H groups in total. The van der Waals surface area contributed by atoms with E-state index in [0.717, 1.165) is 4.90 Å². The number of carbonyl (C=O) groups is 2. The molecule has 0 amide bonds. The van der Waals surface area contributed by atoms with Gasteiger partial charge in [-0.3, -0.25) is 9.59 Å². The van der Waals surface area contributed by atoms with E-state index in [2.05, 4.69) is 9.97 Å². The minimum absolute atomic E-state index is 0.263. The maximum atomic E-state index is 10.7. The van der Waals surface area contributed by atoms with Crippen molar-refractivity contribution in [2.75, 3.05) is 37.0 Å². The lowest BCUT2D eigenvalue weighted by Crippen LogP contribution is -2.35. The van der Waals surface area contributed by atoms with Crippen LogP contribution >= 0.6 is 0 Å². The van der Waals surface area contributed by atoms with E-state index >= 15 is 0 Å². The van der Waals surface area contributed by atoms with Crippen LogP contribution in [0.2, 0.25) is 0 Å². The smallest absolute Gasteiger partial charge is 0.323 e. The Hall–Kier alpha value is -2.38. The van der Waals surface area contributed by atoms with Gasteiger partial charge in [0.1, 0.15) is 18.9 Å². The molecule has 8 nitrogen and oxygen atoms in total. The lowest BCUT2D eigenvalue weighted by atomic mass is 10.4. The lowest BCUT2D eigenvalue weighted by molar-refractivity contribution is -0.136. The maximum Gasteiger partial charge on any atom is 0.323 e. The summed E-state index contributed by atoms with van der Waals surface area (Å²) in [7, 11) is 3.47. The van der Waals surface area contributed by atoms with E-state index in [4.69, 9.17) is 10.2 Å². The normalized spacial score (nSPS) is 9.89. The summed E-state index contributed by atoms with van der Waals surface area (Å²) in [6.07, 6.45) is 1.45. The Morgan fingerprint density at radius 3 is 2.22 bits per heavy atom. The first-order valence-corrected chi connectivity index (χ1v) is 5.09. The molecule has 0 saturated heterocycles. The number of carboxylic acids is 2. The topological polar surface area (TPSA) is 107 Å². The third-order valence-corrected chi connectivity index (χ3v) is 2.00. The second kappa shape index (κ2) is 5.80. The van der Waals surface area contributed by atoms with Gasteiger partial charge in [0.2, 0.25) is 5.95 Å². The molecule has 0 aromatic carbocycles. The van der Waals surface area contributed by atoms with Crippen molar-refractivity contribution in [2.24, 2.45) is 0 Å². The second-order valence-corrected chi connectivity index (χ2v) is 3.75. The molecule has 0 radical (unpaired) electrons. The van der Waals surface area contributed by atoms with Crippen LogP contribution in [0.15, 0.2) is 12.3 Å². The van der Waals surface area contributed by atoms with E-state index < -0.39 is 25.0 Å². The Morgan fingerprint density at radius 2 is 1.78 bits per heavy atom. The quantitative estimate of drug-likeness (QED) is 0.700. The predicted molar refractivity (Wildman–Crippen MR) is 63.8 cm³/mol. The molecule has 0 saturated carbocycles. The number of aliphatic carboxylic acids is 2. The molecule has 98 valence electrons. The van der Waals surface area contributed by atoms with Gasteiger partial charge in [-0.15, -0.1) is 0 Å². The molecule has 1 aromatic rings. The van der Waals surface area contributed by atoms with Gasteiger partial charge in [-0.1, -0.05) is 0 Å². The van der Waals surface area contributed by atoms with Crippen LogP contribution in [-0.2, 0) is 9.59 Å². The molecule has 0 bridgehead atoms. The molecule has 0 atom stereocenters. The summed E-state index contributed by atoms with van der Waals surface area (Å²) in [6.45, 7) is -0.869. The molecule has 18 heavy (non-hydrogen) atoms. The van der Waals surface area contributed by atoms with Crippen molar-refractivity contribution in [2.45, 2.75) is 0 Å². The van der Waals surface area contributed by atoms with Crippen LogP contribution in [0.4, 0.5) is 11.8 Å². The Labute approximate surface area is 103 Å². The highest BCUT2D eigenvalue weighted by molar-refractivity contribution is 5.78. The molecular formula is C10H14N4O4. The molecule has 0 spiro atoms. The van der Waals surface area contributed by atoms with Crippen molar-refractivity contribution in [3.8, 4) is 0 Å². The van der Waals surface area contributed by atoms with Crippen LogP contribution in [0.25, 0.3) is 0 Å². The summed E-state index contributed by atoms with van der Waals surface area (Å²) in [5, 5.41) is 17.5. The average Bonchev–Trinajstić information content (AvgIpc) is 2.27. The summed E-state index contributed by atoms with van der Waals surface area (Å²) in [4.78, 5) is 32.2. The van der Waals surface area contributed by atoms with Crippen LogP contribution in [0.3, 0.4) is 0 Å². The van der Waals surface area contributed by atoms with Crippen molar-refractivity contribution >= 4 is 23.7 Å². The SMILES string of the molecule is CN(C)c1nccc(N(CC(=O)O)CC(=O)O)n1. The molecule has 0 unspecified atom stereocenters. The van der Waals surface area contributed by atoms with E-state index in [1.165, 1.54) is 12.3 Å². The molecule has 0 aliphatic rings. The largest absolute Gasteiger partial charge is 0.480 e. The van der Waals surface area contributed by atoms with E-state index in [9.17, 15) is 9.59 Å². The molecule has 0 aliphatic heterocycles. The summed E-state index contributed by atoms with van der Waals surface area (Å²) in [5.74, 6) is -1.60. The molecule has 8 heteroatoms. The van der Waals surface area contributed by atoms with Crippen molar-refractivity contribution in [3.63, 3.8) is 0 Å². The van der Waals surface area contributed by atoms with Gasteiger partial charge >= 0.3 is 11.9 Å².